The van der Waals surface area contributed by atoms with Crippen LogP contribution in [0.15, 0.2) is 60.7 Å². The number of carbonyl (C=O) groups excluding carboxylic acids is 1. The maximum Gasteiger partial charge on any atom is 0.227 e. The van der Waals surface area contributed by atoms with E-state index in [9.17, 15) is 4.79 Å². The number of ether oxygens (including phenoxy) is 1. The summed E-state index contributed by atoms with van der Waals surface area (Å²) in [6, 6.07) is 20.6. The van der Waals surface area contributed by atoms with Crippen molar-refractivity contribution in [3.63, 3.8) is 0 Å². The van der Waals surface area contributed by atoms with Gasteiger partial charge in [0.25, 0.3) is 0 Å². The Hall–Kier alpha value is -3.31. The number of hydrogen-bond acceptors (Lipinski definition) is 3. The molecule has 6 heteroatoms. The molecule has 2 heterocycles. The lowest BCUT2D eigenvalue weighted by molar-refractivity contribution is -0.117. The van der Waals surface area contributed by atoms with Gasteiger partial charge in [-0.2, -0.15) is 0 Å². The van der Waals surface area contributed by atoms with E-state index in [4.69, 9.17) is 21.3 Å². The molecule has 0 aliphatic carbocycles. The average Bonchev–Trinajstić information content (AvgIpc) is 3.47. The molecular weight excluding hydrogens is 482 g/mol. The number of unbranched alkanes of at least 4 members (excludes halogenated alkanes) is 1. The molecule has 0 spiro atoms. The van der Waals surface area contributed by atoms with E-state index >= 15 is 0 Å². The summed E-state index contributed by atoms with van der Waals surface area (Å²) in [7, 11) is 0. The zero-order valence-electron chi connectivity index (χ0n) is 21.8. The van der Waals surface area contributed by atoms with E-state index in [2.05, 4.69) is 54.0 Å². The van der Waals surface area contributed by atoms with Crippen molar-refractivity contribution in [2.24, 2.45) is 0 Å². The van der Waals surface area contributed by atoms with E-state index in [0.29, 0.717) is 19.6 Å². The molecule has 0 radical (unpaired) electrons. The Balaban J connectivity index is 1.27. The topological polar surface area (TPSA) is 47.4 Å². The van der Waals surface area contributed by atoms with Gasteiger partial charge in [-0.25, -0.2) is 4.98 Å². The fourth-order valence-electron chi connectivity index (χ4n) is 5.23. The molecule has 0 saturated carbocycles. The number of para-hydroxylation sites is 2. The summed E-state index contributed by atoms with van der Waals surface area (Å²) in [5.41, 5.74) is 6.43. The number of nitrogens with zero attached hydrogens (tertiary/aromatic N) is 3. The smallest absolute Gasteiger partial charge is 0.227 e. The highest BCUT2D eigenvalue weighted by Gasteiger charge is 2.34. The number of carbonyl (C=O) groups is 1. The van der Waals surface area contributed by atoms with Crippen LogP contribution in [-0.2, 0) is 17.8 Å². The molecule has 192 valence electrons. The highest BCUT2D eigenvalue weighted by Crippen LogP contribution is 2.33. The third-order valence-electron chi connectivity index (χ3n) is 7.29. The van der Waals surface area contributed by atoms with Gasteiger partial charge in [-0.3, -0.25) is 4.79 Å². The number of imidazole rings is 1. The number of aryl methyl sites for hydroxylation is 4. The second-order valence-electron chi connectivity index (χ2n) is 9.96. The standard InChI is InChI=1S/C31H34ClN3O2/c1-4-23-11-13-25(14-12-23)35-20-24(19-29(35)36)31-33-27-9-5-6-10-28(27)34(31)15-7-8-16-37-26-17-21(2)30(32)22(3)18-26/h5-6,9-14,17-18,24H,4,7-8,15-16,19-20H2,1-3H3. The van der Waals surface area contributed by atoms with Crippen molar-refractivity contribution < 1.29 is 9.53 Å². The second-order valence-corrected chi connectivity index (χ2v) is 10.3. The zero-order chi connectivity index (χ0) is 25.9. The molecule has 1 fully saturated rings. The monoisotopic (exact) mass is 515 g/mol. The van der Waals surface area contributed by atoms with Crippen LogP contribution in [0, 0.1) is 13.8 Å². The van der Waals surface area contributed by atoms with E-state index in [-0.39, 0.29) is 11.8 Å². The van der Waals surface area contributed by atoms with Gasteiger partial charge in [0.2, 0.25) is 5.91 Å². The van der Waals surface area contributed by atoms with Gasteiger partial charge in [0.15, 0.2) is 0 Å². The van der Waals surface area contributed by atoms with Gasteiger partial charge in [0.05, 0.1) is 17.6 Å². The Morgan fingerprint density at radius 3 is 2.49 bits per heavy atom. The number of anilines is 1. The maximum absolute atomic E-state index is 13.0. The minimum atomic E-state index is 0.0713. The lowest BCUT2D eigenvalue weighted by Gasteiger charge is -2.18. The largest absolute Gasteiger partial charge is 0.494 e. The molecule has 1 saturated heterocycles. The molecule has 0 bridgehead atoms. The van der Waals surface area contributed by atoms with Crippen LogP contribution in [0.1, 0.15) is 54.6 Å². The Morgan fingerprint density at radius 2 is 1.76 bits per heavy atom. The fraction of sp³-hybridized carbons (Fsp3) is 0.355. The summed E-state index contributed by atoms with van der Waals surface area (Å²) in [5.74, 6) is 2.11. The minimum absolute atomic E-state index is 0.0713. The van der Waals surface area contributed by atoms with Crippen molar-refractivity contribution in [1.29, 1.82) is 0 Å². The molecule has 0 N–H and O–H groups in total. The van der Waals surface area contributed by atoms with Gasteiger partial charge < -0.3 is 14.2 Å². The first-order chi connectivity index (χ1) is 17.9. The van der Waals surface area contributed by atoms with Crippen LogP contribution < -0.4 is 9.64 Å². The number of hydrogen-bond donors (Lipinski definition) is 0. The van der Waals surface area contributed by atoms with Crippen LogP contribution in [0.5, 0.6) is 5.75 Å². The first-order valence-electron chi connectivity index (χ1n) is 13.2. The normalized spacial score (nSPS) is 15.6. The summed E-state index contributed by atoms with van der Waals surface area (Å²) in [6.07, 6.45) is 3.36. The Morgan fingerprint density at radius 1 is 1.03 bits per heavy atom. The first-order valence-corrected chi connectivity index (χ1v) is 13.6. The van der Waals surface area contributed by atoms with E-state index in [1.165, 1.54) is 5.56 Å². The Labute approximate surface area is 224 Å². The molecule has 1 amide bonds. The predicted octanol–water partition coefficient (Wildman–Crippen LogP) is 7.25. The fourth-order valence-corrected chi connectivity index (χ4v) is 5.34. The Bertz CT molecular complexity index is 1390. The van der Waals surface area contributed by atoms with Crippen molar-refractivity contribution >= 4 is 34.2 Å². The van der Waals surface area contributed by atoms with Crippen LogP contribution in [0.2, 0.25) is 5.02 Å². The number of rotatable bonds is 9. The van der Waals surface area contributed by atoms with E-state index < -0.39 is 0 Å². The number of amides is 1. The average molecular weight is 516 g/mol. The molecule has 3 aromatic carbocycles. The first kappa shape index (κ1) is 25.3. The van der Waals surface area contributed by atoms with Crippen LogP contribution in [0.25, 0.3) is 11.0 Å². The molecule has 1 aliphatic rings. The van der Waals surface area contributed by atoms with Gasteiger partial charge >= 0.3 is 0 Å². The highest BCUT2D eigenvalue weighted by molar-refractivity contribution is 6.32. The summed E-state index contributed by atoms with van der Waals surface area (Å²) in [4.78, 5) is 19.9. The van der Waals surface area contributed by atoms with Crippen molar-refractivity contribution in [2.75, 3.05) is 18.1 Å². The lowest BCUT2D eigenvalue weighted by atomic mass is 10.1. The van der Waals surface area contributed by atoms with Gasteiger partial charge in [0, 0.05) is 36.1 Å². The van der Waals surface area contributed by atoms with E-state index in [0.717, 1.165) is 70.3 Å². The molecule has 1 atom stereocenters. The highest BCUT2D eigenvalue weighted by atomic mass is 35.5. The molecule has 4 aromatic rings. The van der Waals surface area contributed by atoms with Gasteiger partial charge in [-0.1, -0.05) is 42.8 Å². The third kappa shape index (κ3) is 5.37. The molecule has 1 aromatic heterocycles. The van der Waals surface area contributed by atoms with Crippen LogP contribution >= 0.6 is 11.6 Å². The van der Waals surface area contributed by atoms with Crippen LogP contribution in [0.3, 0.4) is 0 Å². The van der Waals surface area contributed by atoms with Crippen LogP contribution in [-0.4, -0.2) is 28.6 Å². The van der Waals surface area contributed by atoms with Crippen molar-refractivity contribution in [2.45, 2.75) is 58.9 Å². The van der Waals surface area contributed by atoms with Crippen molar-refractivity contribution in [3.8, 4) is 5.75 Å². The molecule has 37 heavy (non-hydrogen) atoms. The molecular formula is C31H34ClN3O2. The Kier molecular flexibility index (Phi) is 7.52. The summed E-state index contributed by atoms with van der Waals surface area (Å²) in [6.45, 7) is 8.29. The van der Waals surface area contributed by atoms with E-state index in [1.807, 2.05) is 36.9 Å². The third-order valence-corrected chi connectivity index (χ3v) is 7.88. The molecule has 1 aliphatic heterocycles. The van der Waals surface area contributed by atoms with Crippen molar-refractivity contribution in [3.05, 3.63) is 88.2 Å². The summed E-state index contributed by atoms with van der Waals surface area (Å²) in [5, 5.41) is 0.800. The minimum Gasteiger partial charge on any atom is -0.494 e. The second kappa shape index (κ2) is 11.0. The molecule has 5 rings (SSSR count). The SMILES string of the molecule is CCc1ccc(N2CC(c3nc4ccccc4n3CCCCOc3cc(C)c(Cl)c(C)c3)CC2=O)cc1. The maximum atomic E-state index is 13.0. The summed E-state index contributed by atoms with van der Waals surface area (Å²) >= 11 is 6.28. The lowest BCUT2D eigenvalue weighted by Crippen LogP contribution is -2.24. The number of aromatic nitrogens is 2. The quantitative estimate of drug-likeness (QED) is 0.220. The van der Waals surface area contributed by atoms with Gasteiger partial charge in [0.1, 0.15) is 11.6 Å². The number of halogens is 1. The van der Waals surface area contributed by atoms with Crippen LogP contribution in [0.4, 0.5) is 5.69 Å². The number of fused-ring (bicyclic) bond motifs is 1. The molecule has 5 nitrogen and oxygen atoms in total. The summed E-state index contributed by atoms with van der Waals surface area (Å²) < 4.78 is 8.33. The predicted molar refractivity (Wildman–Crippen MR) is 151 cm³/mol. The van der Waals surface area contributed by atoms with Gasteiger partial charge in [-0.15, -0.1) is 0 Å². The van der Waals surface area contributed by atoms with E-state index in [1.54, 1.807) is 0 Å². The zero-order valence-corrected chi connectivity index (χ0v) is 22.6. The van der Waals surface area contributed by atoms with Crippen molar-refractivity contribution in [1.82, 2.24) is 9.55 Å². The van der Waals surface area contributed by atoms with Gasteiger partial charge in [-0.05, 0) is 86.2 Å². The molecule has 1 unspecified atom stereocenters. The number of benzene rings is 3.